The van der Waals surface area contributed by atoms with Gasteiger partial charge in [-0.25, -0.2) is 9.48 Å². The monoisotopic (exact) mass is 315 g/mol. The number of hydrogen-bond acceptors (Lipinski definition) is 3. The number of carboxylic acid groups (broad SMARTS) is 1. The summed E-state index contributed by atoms with van der Waals surface area (Å²) in [5.41, 5.74) is 1.77. The van der Waals surface area contributed by atoms with Crippen molar-refractivity contribution in [2.75, 3.05) is 0 Å². The largest absolute Gasteiger partial charge is 0.480 e. The lowest BCUT2D eigenvalue weighted by molar-refractivity contribution is -0.139. The normalized spacial score (nSPS) is 12.2. The van der Waals surface area contributed by atoms with E-state index in [1.807, 2.05) is 44.2 Å². The molecule has 0 aliphatic carbocycles. The molecule has 1 aromatic carbocycles. The van der Waals surface area contributed by atoms with Gasteiger partial charge in [0, 0.05) is 6.20 Å². The first-order valence-electron chi connectivity index (χ1n) is 7.54. The molecule has 0 spiro atoms. The van der Waals surface area contributed by atoms with E-state index in [1.54, 1.807) is 17.8 Å². The second-order valence-corrected chi connectivity index (χ2v) is 5.90. The van der Waals surface area contributed by atoms with Crippen molar-refractivity contribution >= 4 is 11.9 Å². The molecule has 6 nitrogen and oxygen atoms in total. The zero-order chi connectivity index (χ0) is 17.0. The predicted molar refractivity (Wildman–Crippen MR) is 86.6 cm³/mol. The summed E-state index contributed by atoms with van der Waals surface area (Å²) in [5, 5.41) is 16.1. The van der Waals surface area contributed by atoms with Crippen LogP contribution in [0.2, 0.25) is 0 Å². The minimum atomic E-state index is -1.03. The molecular formula is C17H21N3O3. The van der Waals surface area contributed by atoms with Gasteiger partial charge in [-0.15, -0.1) is 0 Å². The maximum Gasteiger partial charge on any atom is 0.326 e. The Labute approximate surface area is 135 Å². The molecule has 2 aromatic rings. The van der Waals surface area contributed by atoms with Crippen LogP contribution in [-0.4, -0.2) is 32.8 Å². The van der Waals surface area contributed by atoms with Gasteiger partial charge in [-0.2, -0.15) is 5.10 Å². The molecule has 0 radical (unpaired) electrons. The quantitative estimate of drug-likeness (QED) is 0.857. The Balaban J connectivity index is 2.19. The third-order valence-electron chi connectivity index (χ3n) is 3.47. The molecule has 0 saturated heterocycles. The van der Waals surface area contributed by atoms with E-state index >= 15 is 0 Å². The molecule has 1 unspecified atom stereocenters. The number of aromatic nitrogens is 2. The van der Waals surface area contributed by atoms with Crippen LogP contribution in [-0.2, 0) is 4.79 Å². The van der Waals surface area contributed by atoms with Gasteiger partial charge in [-0.1, -0.05) is 32.0 Å². The molecule has 0 bridgehead atoms. The number of para-hydroxylation sites is 1. The first kappa shape index (κ1) is 16.7. The van der Waals surface area contributed by atoms with E-state index in [0.29, 0.717) is 17.7 Å². The number of hydrogen-bond donors (Lipinski definition) is 2. The Kier molecular flexibility index (Phi) is 5.16. The fraction of sp³-hybridized carbons (Fsp3) is 0.353. The summed E-state index contributed by atoms with van der Waals surface area (Å²) in [7, 11) is 0. The SMILES string of the molecule is Cc1nn(-c2ccccc2)cc1C(=O)NC(CC(C)C)C(=O)O. The molecule has 0 aliphatic rings. The van der Waals surface area contributed by atoms with E-state index in [1.165, 1.54) is 0 Å². The number of rotatable bonds is 6. The van der Waals surface area contributed by atoms with Gasteiger partial charge < -0.3 is 10.4 Å². The van der Waals surface area contributed by atoms with Gasteiger partial charge in [-0.05, 0) is 31.4 Å². The Morgan fingerprint density at radius 1 is 1.26 bits per heavy atom. The van der Waals surface area contributed by atoms with Gasteiger partial charge in [0.25, 0.3) is 5.91 Å². The standard InChI is InChI=1S/C17H21N3O3/c1-11(2)9-15(17(22)23)18-16(21)14-10-20(19-12(14)3)13-7-5-4-6-8-13/h4-8,10-11,15H,9H2,1-3H3,(H,18,21)(H,22,23). The second-order valence-electron chi connectivity index (χ2n) is 5.90. The summed E-state index contributed by atoms with van der Waals surface area (Å²) in [4.78, 5) is 23.7. The average molecular weight is 315 g/mol. The number of carbonyl (C=O) groups is 2. The van der Waals surface area contributed by atoms with Crippen molar-refractivity contribution in [3.8, 4) is 5.69 Å². The molecule has 1 atom stereocenters. The van der Waals surface area contributed by atoms with Gasteiger partial charge >= 0.3 is 5.97 Å². The maximum atomic E-state index is 12.4. The van der Waals surface area contributed by atoms with Crippen molar-refractivity contribution < 1.29 is 14.7 Å². The van der Waals surface area contributed by atoms with Gasteiger partial charge in [0.1, 0.15) is 6.04 Å². The summed E-state index contributed by atoms with van der Waals surface area (Å²) < 4.78 is 1.61. The van der Waals surface area contributed by atoms with Crippen LogP contribution in [0.15, 0.2) is 36.5 Å². The fourth-order valence-electron chi connectivity index (χ4n) is 2.32. The topological polar surface area (TPSA) is 84.2 Å². The maximum absolute atomic E-state index is 12.4. The number of nitrogens with zero attached hydrogens (tertiary/aromatic N) is 2. The molecule has 2 rings (SSSR count). The molecule has 6 heteroatoms. The third-order valence-corrected chi connectivity index (χ3v) is 3.47. The molecule has 1 heterocycles. The molecule has 23 heavy (non-hydrogen) atoms. The van der Waals surface area contributed by atoms with Crippen LogP contribution < -0.4 is 5.32 Å². The van der Waals surface area contributed by atoms with Crippen LogP contribution in [0.3, 0.4) is 0 Å². The molecular weight excluding hydrogens is 294 g/mol. The highest BCUT2D eigenvalue weighted by Crippen LogP contribution is 2.13. The van der Waals surface area contributed by atoms with E-state index in [0.717, 1.165) is 5.69 Å². The molecule has 1 amide bonds. The highest BCUT2D eigenvalue weighted by atomic mass is 16.4. The zero-order valence-corrected chi connectivity index (χ0v) is 13.5. The van der Waals surface area contributed by atoms with Crippen LogP contribution in [0.5, 0.6) is 0 Å². The Morgan fingerprint density at radius 3 is 2.48 bits per heavy atom. The molecule has 2 N–H and O–H groups in total. The van der Waals surface area contributed by atoms with Crippen molar-refractivity contribution in [2.24, 2.45) is 5.92 Å². The molecule has 0 fully saturated rings. The number of amides is 1. The third kappa shape index (κ3) is 4.18. The molecule has 0 saturated carbocycles. The van der Waals surface area contributed by atoms with Crippen LogP contribution >= 0.6 is 0 Å². The molecule has 122 valence electrons. The Morgan fingerprint density at radius 2 is 1.91 bits per heavy atom. The first-order valence-corrected chi connectivity index (χ1v) is 7.54. The number of aliphatic carboxylic acids is 1. The Hall–Kier alpha value is -2.63. The van der Waals surface area contributed by atoms with Crippen molar-refractivity contribution in [3.05, 3.63) is 47.8 Å². The predicted octanol–water partition coefficient (Wildman–Crippen LogP) is 2.41. The van der Waals surface area contributed by atoms with Crippen LogP contribution in [0.4, 0.5) is 0 Å². The molecule has 0 aliphatic heterocycles. The van der Waals surface area contributed by atoms with Crippen molar-refractivity contribution in [2.45, 2.75) is 33.2 Å². The summed E-state index contributed by atoms with van der Waals surface area (Å²) in [6, 6.07) is 8.53. The first-order chi connectivity index (χ1) is 10.9. The molecule has 1 aromatic heterocycles. The van der Waals surface area contributed by atoms with E-state index < -0.39 is 17.9 Å². The van der Waals surface area contributed by atoms with Crippen LogP contribution in [0.25, 0.3) is 5.69 Å². The average Bonchev–Trinajstić information content (AvgIpc) is 2.89. The van der Waals surface area contributed by atoms with Gasteiger partial charge in [0.05, 0.1) is 16.9 Å². The van der Waals surface area contributed by atoms with Gasteiger partial charge in [0.15, 0.2) is 0 Å². The van der Waals surface area contributed by atoms with E-state index in [2.05, 4.69) is 10.4 Å². The van der Waals surface area contributed by atoms with Crippen molar-refractivity contribution in [1.29, 1.82) is 0 Å². The van der Waals surface area contributed by atoms with Gasteiger partial charge in [0.2, 0.25) is 0 Å². The smallest absolute Gasteiger partial charge is 0.326 e. The highest BCUT2D eigenvalue weighted by molar-refractivity contribution is 5.97. The van der Waals surface area contributed by atoms with Crippen LogP contribution in [0, 0.1) is 12.8 Å². The van der Waals surface area contributed by atoms with Crippen LogP contribution in [0.1, 0.15) is 36.3 Å². The lowest BCUT2D eigenvalue weighted by atomic mass is 10.0. The lowest BCUT2D eigenvalue weighted by Gasteiger charge is -2.16. The summed E-state index contributed by atoms with van der Waals surface area (Å²) in [6.45, 7) is 5.56. The second kappa shape index (κ2) is 7.09. The minimum Gasteiger partial charge on any atom is -0.480 e. The van der Waals surface area contributed by atoms with E-state index in [-0.39, 0.29) is 5.92 Å². The number of nitrogens with one attached hydrogen (secondary N) is 1. The fourth-order valence-corrected chi connectivity index (χ4v) is 2.32. The van der Waals surface area contributed by atoms with E-state index in [9.17, 15) is 14.7 Å². The van der Waals surface area contributed by atoms with Gasteiger partial charge in [-0.3, -0.25) is 4.79 Å². The zero-order valence-electron chi connectivity index (χ0n) is 13.5. The number of carboxylic acids is 1. The summed E-state index contributed by atoms with van der Waals surface area (Å²) in [6.07, 6.45) is 2.00. The Bertz CT molecular complexity index is 692. The number of carbonyl (C=O) groups excluding carboxylic acids is 1. The lowest BCUT2D eigenvalue weighted by Crippen LogP contribution is -2.41. The number of benzene rings is 1. The minimum absolute atomic E-state index is 0.171. The highest BCUT2D eigenvalue weighted by Gasteiger charge is 2.23. The van der Waals surface area contributed by atoms with Crippen molar-refractivity contribution in [3.63, 3.8) is 0 Å². The number of aryl methyl sites for hydroxylation is 1. The summed E-state index contributed by atoms with van der Waals surface area (Å²) in [5.74, 6) is -1.28. The van der Waals surface area contributed by atoms with Crippen molar-refractivity contribution in [1.82, 2.24) is 15.1 Å². The summed E-state index contributed by atoms with van der Waals surface area (Å²) >= 11 is 0. The van der Waals surface area contributed by atoms with E-state index in [4.69, 9.17) is 0 Å².